The van der Waals surface area contributed by atoms with Gasteiger partial charge in [-0.25, -0.2) is 9.20 Å². The highest BCUT2D eigenvalue weighted by Crippen LogP contribution is 2.34. The standard InChI is InChI=1S/C23H24N10O/c1-15-22(27-29-33(15)19-4-8-31(14-25)9-5-19)17-10-21(23-18(11-24)12-26-32(23)13-17)34-16(2)20-6-7-30(3)28-20/h6-7,10,12-13,16,19H,4-5,8-9H2,1-3H3. The first-order valence-electron chi connectivity index (χ1n) is 11.1. The molecule has 172 valence electrons. The largest absolute Gasteiger partial charge is 0.482 e. The van der Waals surface area contributed by atoms with Crippen molar-refractivity contribution >= 4 is 5.52 Å². The summed E-state index contributed by atoms with van der Waals surface area (Å²) in [7, 11) is 1.86. The van der Waals surface area contributed by atoms with Crippen LogP contribution < -0.4 is 4.74 Å². The van der Waals surface area contributed by atoms with E-state index in [0.717, 1.165) is 48.6 Å². The number of nitrogens with zero attached hydrogens (tertiary/aromatic N) is 10. The van der Waals surface area contributed by atoms with Gasteiger partial charge >= 0.3 is 0 Å². The molecular formula is C23H24N10O. The highest BCUT2D eigenvalue weighted by atomic mass is 16.5. The number of nitriles is 2. The summed E-state index contributed by atoms with van der Waals surface area (Å²) >= 11 is 0. The molecule has 0 aliphatic carbocycles. The Morgan fingerprint density at radius 2 is 2.03 bits per heavy atom. The van der Waals surface area contributed by atoms with Crippen molar-refractivity contribution in [3.8, 4) is 29.3 Å². The van der Waals surface area contributed by atoms with Crippen LogP contribution in [0.3, 0.4) is 0 Å². The smallest absolute Gasteiger partial charge is 0.179 e. The number of aryl methyl sites for hydroxylation is 1. The predicted octanol–water partition coefficient (Wildman–Crippen LogP) is 2.76. The Morgan fingerprint density at radius 3 is 2.71 bits per heavy atom. The normalized spacial score (nSPS) is 15.3. The molecule has 1 fully saturated rings. The Bertz CT molecular complexity index is 1420. The molecule has 0 radical (unpaired) electrons. The molecule has 34 heavy (non-hydrogen) atoms. The van der Waals surface area contributed by atoms with Crippen molar-refractivity contribution in [2.75, 3.05) is 13.1 Å². The molecular weight excluding hydrogens is 432 g/mol. The predicted molar refractivity (Wildman–Crippen MR) is 121 cm³/mol. The van der Waals surface area contributed by atoms with Crippen LogP contribution >= 0.6 is 0 Å². The van der Waals surface area contributed by atoms with Crippen LogP contribution in [0.25, 0.3) is 16.8 Å². The topological polar surface area (TPSA) is 126 Å². The molecule has 1 aliphatic rings. The average Bonchev–Trinajstić information content (AvgIpc) is 3.57. The molecule has 1 aliphatic heterocycles. The summed E-state index contributed by atoms with van der Waals surface area (Å²) in [4.78, 5) is 1.77. The van der Waals surface area contributed by atoms with Gasteiger partial charge in [0.1, 0.15) is 40.4 Å². The maximum atomic E-state index is 9.59. The van der Waals surface area contributed by atoms with Crippen molar-refractivity contribution in [2.24, 2.45) is 7.05 Å². The highest BCUT2D eigenvalue weighted by molar-refractivity contribution is 5.74. The van der Waals surface area contributed by atoms with Crippen molar-refractivity contribution in [1.82, 2.24) is 39.3 Å². The Labute approximate surface area is 196 Å². The minimum Gasteiger partial charge on any atom is -0.482 e. The van der Waals surface area contributed by atoms with Crippen molar-refractivity contribution in [1.29, 1.82) is 10.5 Å². The van der Waals surface area contributed by atoms with Gasteiger partial charge in [0.15, 0.2) is 6.19 Å². The summed E-state index contributed by atoms with van der Waals surface area (Å²) in [5.74, 6) is 0.529. The van der Waals surface area contributed by atoms with E-state index in [4.69, 9.17) is 10.00 Å². The molecule has 0 N–H and O–H groups in total. The number of hydrogen-bond donors (Lipinski definition) is 0. The lowest BCUT2D eigenvalue weighted by atomic mass is 10.0. The van der Waals surface area contributed by atoms with E-state index in [1.54, 1.807) is 14.1 Å². The maximum absolute atomic E-state index is 9.59. The minimum atomic E-state index is -0.330. The van der Waals surface area contributed by atoms with Gasteiger partial charge in [-0.05, 0) is 38.8 Å². The third-order valence-corrected chi connectivity index (χ3v) is 6.30. The molecule has 0 bridgehead atoms. The van der Waals surface area contributed by atoms with Gasteiger partial charge in [0.25, 0.3) is 0 Å². The van der Waals surface area contributed by atoms with E-state index in [-0.39, 0.29) is 12.1 Å². The first-order chi connectivity index (χ1) is 16.5. The lowest BCUT2D eigenvalue weighted by Gasteiger charge is -2.28. The number of likely N-dealkylation sites (tertiary alicyclic amines) is 1. The number of aromatic nitrogens is 7. The Balaban J connectivity index is 1.52. The second-order valence-corrected chi connectivity index (χ2v) is 8.52. The van der Waals surface area contributed by atoms with Crippen LogP contribution in [0.1, 0.15) is 48.9 Å². The van der Waals surface area contributed by atoms with E-state index >= 15 is 0 Å². The summed E-state index contributed by atoms with van der Waals surface area (Å²) < 4.78 is 11.6. The van der Waals surface area contributed by atoms with Crippen LogP contribution in [0.5, 0.6) is 5.75 Å². The van der Waals surface area contributed by atoms with Crippen molar-refractivity contribution in [3.63, 3.8) is 0 Å². The molecule has 11 nitrogen and oxygen atoms in total. The molecule has 0 aromatic carbocycles. The zero-order valence-electron chi connectivity index (χ0n) is 19.3. The number of hydrogen-bond acceptors (Lipinski definition) is 8. The minimum absolute atomic E-state index is 0.198. The fraction of sp³-hybridized carbons (Fsp3) is 0.391. The third-order valence-electron chi connectivity index (χ3n) is 6.30. The first kappa shape index (κ1) is 21.5. The molecule has 11 heteroatoms. The second-order valence-electron chi connectivity index (χ2n) is 8.52. The summed E-state index contributed by atoms with van der Waals surface area (Å²) in [6.45, 7) is 5.35. The van der Waals surface area contributed by atoms with E-state index in [0.29, 0.717) is 16.8 Å². The molecule has 5 rings (SSSR count). The fourth-order valence-corrected chi connectivity index (χ4v) is 4.45. The zero-order chi connectivity index (χ0) is 23.8. The van der Waals surface area contributed by atoms with E-state index < -0.39 is 0 Å². The van der Waals surface area contributed by atoms with Gasteiger partial charge < -0.3 is 9.64 Å². The average molecular weight is 457 g/mol. The van der Waals surface area contributed by atoms with Crippen LogP contribution in [-0.2, 0) is 7.05 Å². The van der Waals surface area contributed by atoms with Gasteiger partial charge in [-0.15, -0.1) is 5.10 Å². The second kappa shape index (κ2) is 8.52. The van der Waals surface area contributed by atoms with Crippen molar-refractivity contribution < 1.29 is 4.74 Å². The van der Waals surface area contributed by atoms with Crippen LogP contribution in [0, 0.1) is 29.7 Å². The SMILES string of the molecule is Cc1c(-c2cc(OC(C)c3ccn(C)n3)c3c(C#N)cnn3c2)nnn1C1CCN(C#N)CC1. The lowest BCUT2D eigenvalue weighted by Crippen LogP contribution is -2.31. The summed E-state index contributed by atoms with van der Waals surface area (Å²) in [6, 6.07) is 6.18. The van der Waals surface area contributed by atoms with Gasteiger partial charge in [0, 0.05) is 38.1 Å². The van der Waals surface area contributed by atoms with E-state index in [1.165, 1.54) is 6.20 Å². The molecule has 0 amide bonds. The molecule has 1 atom stereocenters. The third kappa shape index (κ3) is 3.71. The number of fused-ring (bicyclic) bond motifs is 1. The Morgan fingerprint density at radius 1 is 1.24 bits per heavy atom. The van der Waals surface area contributed by atoms with Crippen molar-refractivity contribution in [2.45, 2.75) is 38.8 Å². The fourth-order valence-electron chi connectivity index (χ4n) is 4.45. The van der Waals surface area contributed by atoms with Gasteiger partial charge in [0.2, 0.25) is 0 Å². The lowest BCUT2D eigenvalue weighted by molar-refractivity contribution is 0.223. The number of pyridine rings is 1. The van der Waals surface area contributed by atoms with Crippen LogP contribution in [-0.4, -0.2) is 52.4 Å². The van der Waals surface area contributed by atoms with Gasteiger partial charge in [-0.2, -0.15) is 20.7 Å². The van der Waals surface area contributed by atoms with Crippen LogP contribution in [0.15, 0.2) is 30.7 Å². The monoisotopic (exact) mass is 456 g/mol. The van der Waals surface area contributed by atoms with Crippen molar-refractivity contribution in [3.05, 3.63) is 47.7 Å². The summed E-state index contributed by atoms with van der Waals surface area (Å²) in [5.41, 5.74) is 4.28. The van der Waals surface area contributed by atoms with E-state index in [9.17, 15) is 5.26 Å². The number of piperidine rings is 1. The van der Waals surface area contributed by atoms with Gasteiger partial charge in [0.05, 0.1) is 17.9 Å². The number of ether oxygens (including phenoxy) is 1. The first-order valence-corrected chi connectivity index (χ1v) is 11.1. The molecule has 1 saturated heterocycles. The Kier molecular flexibility index (Phi) is 5.38. The molecule has 5 heterocycles. The molecule has 0 saturated carbocycles. The molecule has 1 unspecified atom stereocenters. The molecule has 4 aromatic rings. The van der Waals surface area contributed by atoms with Gasteiger partial charge in [-0.1, -0.05) is 5.21 Å². The highest BCUT2D eigenvalue weighted by Gasteiger charge is 2.25. The molecule has 4 aromatic heterocycles. The number of rotatable bonds is 5. The zero-order valence-corrected chi connectivity index (χ0v) is 19.3. The van der Waals surface area contributed by atoms with Gasteiger partial charge in [-0.3, -0.25) is 4.68 Å². The Hall–Kier alpha value is -4.38. The van der Waals surface area contributed by atoms with E-state index in [1.807, 2.05) is 50.1 Å². The van der Waals surface area contributed by atoms with Crippen LogP contribution in [0.2, 0.25) is 0 Å². The maximum Gasteiger partial charge on any atom is 0.179 e. The van der Waals surface area contributed by atoms with Crippen LogP contribution in [0.4, 0.5) is 0 Å². The summed E-state index contributed by atoms with van der Waals surface area (Å²) in [6.07, 6.45) is 8.81. The van der Waals surface area contributed by atoms with E-state index in [2.05, 4.69) is 32.8 Å². The molecule has 0 spiro atoms. The summed E-state index contributed by atoms with van der Waals surface area (Å²) in [5, 5.41) is 36.4. The quantitative estimate of drug-likeness (QED) is 0.420.